The van der Waals surface area contributed by atoms with Crippen LogP contribution in [0.3, 0.4) is 0 Å². The van der Waals surface area contributed by atoms with Crippen molar-refractivity contribution in [3.63, 3.8) is 0 Å². The van der Waals surface area contributed by atoms with Crippen molar-refractivity contribution in [3.8, 4) is 0 Å². The average molecular weight is 244 g/mol. The molecule has 1 aliphatic rings. The van der Waals surface area contributed by atoms with E-state index in [0.717, 1.165) is 52.4 Å². The van der Waals surface area contributed by atoms with E-state index in [9.17, 15) is 0 Å². The molecule has 0 spiro atoms. The summed E-state index contributed by atoms with van der Waals surface area (Å²) in [7, 11) is 1.78. The normalized spacial score (nSPS) is 20.5. The molecule has 0 radical (unpaired) electrons. The zero-order valence-corrected chi connectivity index (χ0v) is 11.6. The van der Waals surface area contributed by atoms with Crippen LogP contribution in [0.15, 0.2) is 0 Å². The standard InChI is InChI=1S/C13H28N2O2/c1-12(2)9-14-10-13(11-16-3)15-5-4-7-17-8-6-15/h12-14H,4-11H2,1-3H3. The molecule has 1 fully saturated rings. The Morgan fingerprint density at radius 3 is 2.76 bits per heavy atom. The third-order valence-corrected chi connectivity index (χ3v) is 3.06. The Balaban J connectivity index is 2.33. The van der Waals surface area contributed by atoms with Crippen LogP contribution in [0.25, 0.3) is 0 Å². The zero-order chi connectivity index (χ0) is 12.5. The SMILES string of the molecule is COCC(CNCC(C)C)N1CCCOCC1. The van der Waals surface area contributed by atoms with E-state index in [4.69, 9.17) is 9.47 Å². The lowest BCUT2D eigenvalue weighted by Gasteiger charge is -2.30. The van der Waals surface area contributed by atoms with Crippen molar-refractivity contribution < 1.29 is 9.47 Å². The monoisotopic (exact) mass is 244 g/mol. The lowest BCUT2D eigenvalue weighted by atomic mass is 10.2. The van der Waals surface area contributed by atoms with E-state index in [2.05, 4.69) is 24.1 Å². The van der Waals surface area contributed by atoms with Crippen molar-refractivity contribution in [2.75, 3.05) is 53.1 Å². The predicted octanol–water partition coefficient (Wildman–Crippen LogP) is 0.969. The largest absolute Gasteiger partial charge is 0.383 e. The molecule has 1 unspecified atom stereocenters. The third kappa shape index (κ3) is 6.36. The number of nitrogens with zero attached hydrogens (tertiary/aromatic N) is 1. The van der Waals surface area contributed by atoms with Crippen LogP contribution >= 0.6 is 0 Å². The first-order valence-corrected chi connectivity index (χ1v) is 6.75. The molecule has 1 heterocycles. The van der Waals surface area contributed by atoms with Crippen LogP contribution < -0.4 is 5.32 Å². The molecule has 4 nitrogen and oxygen atoms in total. The van der Waals surface area contributed by atoms with E-state index in [1.54, 1.807) is 7.11 Å². The van der Waals surface area contributed by atoms with Crippen molar-refractivity contribution in [2.24, 2.45) is 5.92 Å². The maximum absolute atomic E-state index is 5.49. The average Bonchev–Trinajstić information content (AvgIpc) is 2.56. The van der Waals surface area contributed by atoms with E-state index in [1.807, 2.05) is 0 Å². The summed E-state index contributed by atoms with van der Waals surface area (Å²) in [6.07, 6.45) is 1.13. The van der Waals surface area contributed by atoms with Gasteiger partial charge in [0.05, 0.1) is 13.2 Å². The van der Waals surface area contributed by atoms with Gasteiger partial charge in [-0.1, -0.05) is 13.8 Å². The Morgan fingerprint density at radius 1 is 1.24 bits per heavy atom. The predicted molar refractivity (Wildman–Crippen MR) is 70.4 cm³/mol. The van der Waals surface area contributed by atoms with E-state index in [-0.39, 0.29) is 0 Å². The first-order valence-electron chi connectivity index (χ1n) is 6.75. The van der Waals surface area contributed by atoms with Gasteiger partial charge in [-0.2, -0.15) is 0 Å². The summed E-state index contributed by atoms with van der Waals surface area (Å²) in [4.78, 5) is 2.49. The van der Waals surface area contributed by atoms with Gasteiger partial charge in [0, 0.05) is 39.4 Å². The van der Waals surface area contributed by atoms with Crippen LogP contribution in [0.1, 0.15) is 20.3 Å². The smallest absolute Gasteiger partial charge is 0.0630 e. The van der Waals surface area contributed by atoms with Gasteiger partial charge in [0.2, 0.25) is 0 Å². The Morgan fingerprint density at radius 2 is 2.06 bits per heavy atom. The van der Waals surface area contributed by atoms with Gasteiger partial charge in [-0.05, 0) is 18.9 Å². The van der Waals surface area contributed by atoms with Crippen LogP contribution in [0.2, 0.25) is 0 Å². The maximum Gasteiger partial charge on any atom is 0.0630 e. The Labute approximate surface area is 106 Å². The fraction of sp³-hybridized carbons (Fsp3) is 1.00. The second-order valence-corrected chi connectivity index (χ2v) is 5.16. The quantitative estimate of drug-likeness (QED) is 0.723. The minimum atomic E-state index is 0.473. The first-order chi connectivity index (χ1) is 8.24. The molecule has 0 saturated carbocycles. The van der Waals surface area contributed by atoms with Crippen LogP contribution in [0.4, 0.5) is 0 Å². The van der Waals surface area contributed by atoms with E-state index in [0.29, 0.717) is 12.0 Å². The van der Waals surface area contributed by atoms with Crippen LogP contribution in [-0.4, -0.2) is 64.1 Å². The highest BCUT2D eigenvalue weighted by atomic mass is 16.5. The molecule has 0 amide bonds. The zero-order valence-electron chi connectivity index (χ0n) is 11.6. The van der Waals surface area contributed by atoms with Gasteiger partial charge in [0.15, 0.2) is 0 Å². The van der Waals surface area contributed by atoms with E-state index >= 15 is 0 Å². The van der Waals surface area contributed by atoms with Crippen LogP contribution in [0, 0.1) is 5.92 Å². The third-order valence-electron chi connectivity index (χ3n) is 3.06. The molecule has 17 heavy (non-hydrogen) atoms. The van der Waals surface area contributed by atoms with Crippen LogP contribution in [-0.2, 0) is 9.47 Å². The molecule has 0 aromatic rings. The molecular formula is C13H28N2O2. The molecular weight excluding hydrogens is 216 g/mol. The fourth-order valence-corrected chi connectivity index (χ4v) is 2.15. The first kappa shape index (κ1) is 14.9. The fourth-order valence-electron chi connectivity index (χ4n) is 2.15. The Bertz CT molecular complexity index is 180. The van der Waals surface area contributed by atoms with Crippen molar-refractivity contribution in [3.05, 3.63) is 0 Å². The molecule has 1 saturated heterocycles. The molecule has 1 aliphatic heterocycles. The van der Waals surface area contributed by atoms with Gasteiger partial charge in [-0.3, -0.25) is 4.90 Å². The Hall–Kier alpha value is -0.160. The number of rotatable bonds is 7. The number of hydrogen-bond acceptors (Lipinski definition) is 4. The van der Waals surface area contributed by atoms with E-state index < -0.39 is 0 Å². The summed E-state index contributed by atoms with van der Waals surface area (Å²) in [6.45, 7) is 11.2. The number of ether oxygens (including phenoxy) is 2. The highest BCUT2D eigenvalue weighted by Gasteiger charge is 2.19. The van der Waals surface area contributed by atoms with Crippen molar-refractivity contribution in [2.45, 2.75) is 26.3 Å². The molecule has 0 bridgehead atoms. The molecule has 4 heteroatoms. The molecule has 0 aliphatic carbocycles. The highest BCUT2D eigenvalue weighted by molar-refractivity contribution is 4.75. The van der Waals surface area contributed by atoms with Gasteiger partial charge < -0.3 is 14.8 Å². The molecule has 0 aromatic heterocycles. The van der Waals surface area contributed by atoms with Crippen molar-refractivity contribution >= 4 is 0 Å². The number of hydrogen-bond donors (Lipinski definition) is 1. The molecule has 0 aromatic carbocycles. The molecule has 102 valence electrons. The minimum Gasteiger partial charge on any atom is -0.383 e. The minimum absolute atomic E-state index is 0.473. The topological polar surface area (TPSA) is 33.7 Å². The van der Waals surface area contributed by atoms with E-state index in [1.165, 1.54) is 0 Å². The van der Waals surface area contributed by atoms with Crippen LogP contribution in [0.5, 0.6) is 0 Å². The lowest BCUT2D eigenvalue weighted by Crippen LogP contribution is -2.46. The van der Waals surface area contributed by atoms with Gasteiger partial charge in [0.1, 0.15) is 0 Å². The number of methoxy groups -OCH3 is 1. The van der Waals surface area contributed by atoms with Gasteiger partial charge in [-0.15, -0.1) is 0 Å². The molecule has 1 rings (SSSR count). The molecule has 1 N–H and O–H groups in total. The van der Waals surface area contributed by atoms with Gasteiger partial charge in [-0.25, -0.2) is 0 Å². The summed E-state index contributed by atoms with van der Waals surface area (Å²) in [6, 6.07) is 0.473. The highest BCUT2D eigenvalue weighted by Crippen LogP contribution is 2.05. The summed E-state index contributed by atoms with van der Waals surface area (Å²) in [5.74, 6) is 0.700. The number of nitrogens with one attached hydrogen (secondary N) is 1. The summed E-state index contributed by atoms with van der Waals surface area (Å²) in [5, 5.41) is 3.52. The maximum atomic E-state index is 5.49. The van der Waals surface area contributed by atoms with Gasteiger partial charge >= 0.3 is 0 Å². The van der Waals surface area contributed by atoms with Crippen molar-refractivity contribution in [1.29, 1.82) is 0 Å². The van der Waals surface area contributed by atoms with Gasteiger partial charge in [0.25, 0.3) is 0 Å². The second-order valence-electron chi connectivity index (χ2n) is 5.16. The lowest BCUT2D eigenvalue weighted by molar-refractivity contribution is 0.0821. The summed E-state index contributed by atoms with van der Waals surface area (Å²) >= 11 is 0. The second kappa shape index (κ2) is 8.86. The van der Waals surface area contributed by atoms with Crippen molar-refractivity contribution in [1.82, 2.24) is 10.2 Å². The summed E-state index contributed by atoms with van der Waals surface area (Å²) < 4.78 is 10.8. The molecule has 1 atom stereocenters. The Kier molecular flexibility index (Phi) is 7.77. The summed E-state index contributed by atoms with van der Waals surface area (Å²) in [5.41, 5.74) is 0.